The number of para-hydroxylation sites is 1. The number of nitrogens with one attached hydrogen (secondary N) is 2. The van der Waals surface area contributed by atoms with Gasteiger partial charge in [-0.1, -0.05) is 35.9 Å². The predicted octanol–water partition coefficient (Wildman–Crippen LogP) is 4.64. The summed E-state index contributed by atoms with van der Waals surface area (Å²) in [5.41, 5.74) is 7.46. The number of hydrogen-bond acceptors (Lipinski definition) is 5. The molecule has 1 aliphatic rings. The van der Waals surface area contributed by atoms with Crippen LogP contribution in [0.3, 0.4) is 0 Å². The van der Waals surface area contributed by atoms with Crippen LogP contribution in [0.5, 0.6) is 5.75 Å². The molecule has 8 nitrogen and oxygen atoms in total. The Morgan fingerprint density at radius 1 is 1.02 bits per heavy atom. The minimum absolute atomic E-state index is 0.214. The number of carbonyl (C=O) groups is 3. The molecular formula is C27H28F6N4O4. The van der Waals surface area contributed by atoms with Crippen LogP contribution < -0.4 is 21.1 Å². The highest BCUT2D eigenvalue weighted by molar-refractivity contribution is 6.20. The summed E-state index contributed by atoms with van der Waals surface area (Å²) in [5.74, 6) is -7.08. The number of methoxy groups -OCH3 is 1. The van der Waals surface area contributed by atoms with E-state index in [0.29, 0.717) is 11.1 Å². The van der Waals surface area contributed by atoms with E-state index in [9.17, 15) is 40.7 Å². The molecule has 0 saturated heterocycles. The highest BCUT2D eigenvalue weighted by Crippen LogP contribution is 2.34. The van der Waals surface area contributed by atoms with Crippen LogP contribution in [0.1, 0.15) is 42.4 Å². The quantitative estimate of drug-likeness (QED) is 0.351. The summed E-state index contributed by atoms with van der Waals surface area (Å²) in [6.07, 6.45) is -16.4. The summed E-state index contributed by atoms with van der Waals surface area (Å²) in [5, 5.41) is 4.82. The van der Waals surface area contributed by atoms with Crippen LogP contribution in [0.2, 0.25) is 0 Å². The molecule has 4 N–H and O–H groups in total. The van der Waals surface area contributed by atoms with E-state index in [1.807, 2.05) is 13.0 Å². The number of primary amides is 1. The second-order valence-corrected chi connectivity index (χ2v) is 9.55. The third-order valence-corrected chi connectivity index (χ3v) is 6.49. The van der Waals surface area contributed by atoms with Gasteiger partial charge in [-0.25, -0.2) is 4.99 Å². The number of benzene rings is 2. The monoisotopic (exact) mass is 586 g/mol. The van der Waals surface area contributed by atoms with E-state index in [0.717, 1.165) is 5.56 Å². The second-order valence-electron chi connectivity index (χ2n) is 9.55. The summed E-state index contributed by atoms with van der Waals surface area (Å²) in [6, 6.07) is 11.8. The van der Waals surface area contributed by atoms with Crippen molar-refractivity contribution in [3.8, 4) is 5.75 Å². The van der Waals surface area contributed by atoms with Gasteiger partial charge in [0, 0.05) is 35.8 Å². The van der Waals surface area contributed by atoms with Gasteiger partial charge in [-0.05, 0) is 31.9 Å². The zero-order valence-corrected chi connectivity index (χ0v) is 22.0. The minimum atomic E-state index is -4.78. The van der Waals surface area contributed by atoms with Crippen molar-refractivity contribution in [1.29, 1.82) is 0 Å². The molecule has 0 aromatic heterocycles. The standard InChI is InChI=1S/C27H28F6N4O4/c1-14-5-3-6-15(13-14)20-18-7-4-8-19(41-2)21(18)36-25(40)23(35-20)37-24(39)17(10-12-27(31,32)33)16(22(34)38)9-11-26(28,29)30/h3-8,13,16-17,23H,9-12H2,1-2H3,(H2,34,38)(H,36,40)(H,37,39)/t16-,17+,23+/m0/s1. The Balaban J connectivity index is 2.04. The van der Waals surface area contributed by atoms with E-state index in [1.165, 1.54) is 7.11 Å². The molecular weight excluding hydrogens is 558 g/mol. The maximum absolute atomic E-state index is 13.3. The number of amides is 3. The maximum atomic E-state index is 13.3. The van der Waals surface area contributed by atoms with E-state index in [4.69, 9.17) is 10.5 Å². The van der Waals surface area contributed by atoms with E-state index >= 15 is 0 Å². The Morgan fingerprint density at radius 2 is 1.63 bits per heavy atom. The first-order valence-corrected chi connectivity index (χ1v) is 12.5. The van der Waals surface area contributed by atoms with Crippen molar-refractivity contribution in [2.45, 2.75) is 51.1 Å². The fourth-order valence-electron chi connectivity index (χ4n) is 4.53. The molecule has 222 valence electrons. The largest absolute Gasteiger partial charge is 0.495 e. The van der Waals surface area contributed by atoms with Crippen LogP contribution in [0, 0.1) is 18.8 Å². The minimum Gasteiger partial charge on any atom is -0.495 e. The van der Waals surface area contributed by atoms with Crippen LogP contribution in [0.15, 0.2) is 47.5 Å². The Labute approximate surface area is 231 Å². The van der Waals surface area contributed by atoms with Gasteiger partial charge < -0.3 is 21.1 Å². The van der Waals surface area contributed by atoms with Gasteiger partial charge in [-0.15, -0.1) is 0 Å². The Kier molecular flexibility index (Phi) is 9.66. The van der Waals surface area contributed by atoms with Gasteiger partial charge in [-0.3, -0.25) is 14.4 Å². The van der Waals surface area contributed by atoms with Gasteiger partial charge in [0.1, 0.15) is 5.75 Å². The average molecular weight is 587 g/mol. The molecule has 0 unspecified atom stereocenters. The number of alkyl halides is 6. The van der Waals surface area contributed by atoms with Crippen LogP contribution in [0.25, 0.3) is 0 Å². The Hall–Kier alpha value is -4.10. The molecule has 1 aliphatic heterocycles. The number of rotatable bonds is 10. The summed E-state index contributed by atoms with van der Waals surface area (Å²) in [6.45, 7) is 1.81. The van der Waals surface area contributed by atoms with Crippen molar-refractivity contribution < 1.29 is 45.5 Å². The number of aryl methyl sites for hydroxylation is 1. The molecule has 14 heteroatoms. The number of anilines is 1. The molecule has 0 spiro atoms. The molecule has 1 heterocycles. The summed E-state index contributed by atoms with van der Waals surface area (Å²) < 4.78 is 83.2. The fourth-order valence-corrected chi connectivity index (χ4v) is 4.53. The SMILES string of the molecule is COc1cccc2c1NC(=O)[C@@H](NC(=O)[C@H](CCC(F)(F)F)[C@H](CCC(F)(F)F)C(N)=O)N=C2c1cccc(C)c1. The van der Waals surface area contributed by atoms with Gasteiger partial charge in [-0.2, -0.15) is 26.3 Å². The summed E-state index contributed by atoms with van der Waals surface area (Å²) in [7, 11) is 1.37. The summed E-state index contributed by atoms with van der Waals surface area (Å²) in [4.78, 5) is 43.0. The number of carbonyl (C=O) groups excluding carboxylic acids is 3. The van der Waals surface area contributed by atoms with Crippen molar-refractivity contribution in [3.05, 3.63) is 59.2 Å². The second kappa shape index (κ2) is 12.6. The number of nitrogens with zero attached hydrogens (tertiary/aromatic N) is 1. The van der Waals surface area contributed by atoms with Crippen LogP contribution in [-0.4, -0.2) is 49.1 Å². The first kappa shape index (κ1) is 31.4. The van der Waals surface area contributed by atoms with E-state index in [-0.39, 0.29) is 17.1 Å². The van der Waals surface area contributed by atoms with Crippen molar-refractivity contribution in [3.63, 3.8) is 0 Å². The third-order valence-electron chi connectivity index (χ3n) is 6.49. The molecule has 3 rings (SSSR count). The normalized spacial score (nSPS) is 16.9. The third kappa shape index (κ3) is 8.44. The smallest absolute Gasteiger partial charge is 0.389 e. The zero-order chi connectivity index (χ0) is 30.5. The number of nitrogens with two attached hydrogens (primary N) is 1. The highest BCUT2D eigenvalue weighted by atomic mass is 19.4. The molecule has 2 aromatic carbocycles. The lowest BCUT2D eigenvalue weighted by Crippen LogP contribution is -2.48. The van der Waals surface area contributed by atoms with Crippen molar-refractivity contribution in [2.75, 3.05) is 12.4 Å². The maximum Gasteiger partial charge on any atom is 0.389 e. The molecule has 3 amide bonds. The van der Waals surface area contributed by atoms with Crippen molar-refractivity contribution in [1.82, 2.24) is 5.32 Å². The van der Waals surface area contributed by atoms with Crippen molar-refractivity contribution in [2.24, 2.45) is 22.6 Å². The lowest BCUT2D eigenvalue weighted by atomic mass is 9.83. The number of ether oxygens (including phenoxy) is 1. The first-order chi connectivity index (χ1) is 19.1. The number of halogens is 6. The van der Waals surface area contributed by atoms with Gasteiger partial charge in [0.2, 0.25) is 18.0 Å². The van der Waals surface area contributed by atoms with Crippen LogP contribution in [-0.2, 0) is 14.4 Å². The van der Waals surface area contributed by atoms with Crippen LogP contribution >= 0.6 is 0 Å². The molecule has 0 radical (unpaired) electrons. The van der Waals surface area contributed by atoms with Gasteiger partial charge in [0.05, 0.1) is 18.5 Å². The first-order valence-electron chi connectivity index (χ1n) is 12.5. The zero-order valence-electron chi connectivity index (χ0n) is 22.0. The van der Waals surface area contributed by atoms with E-state index < -0.39 is 73.8 Å². The Bertz CT molecular complexity index is 1330. The number of fused-ring (bicyclic) bond motifs is 1. The molecule has 3 atom stereocenters. The summed E-state index contributed by atoms with van der Waals surface area (Å²) >= 11 is 0. The number of benzodiazepines with no additional fused rings is 1. The van der Waals surface area contributed by atoms with Gasteiger partial charge in [0.25, 0.3) is 5.91 Å². The van der Waals surface area contributed by atoms with E-state index in [1.54, 1.807) is 36.4 Å². The Morgan fingerprint density at radius 3 is 2.20 bits per heavy atom. The predicted molar refractivity (Wildman–Crippen MR) is 137 cm³/mol. The fraction of sp³-hybridized carbons (Fsp3) is 0.407. The molecule has 0 saturated carbocycles. The number of hydrogen-bond donors (Lipinski definition) is 3. The topological polar surface area (TPSA) is 123 Å². The molecule has 2 aromatic rings. The van der Waals surface area contributed by atoms with Gasteiger partial charge in [0.15, 0.2) is 0 Å². The lowest BCUT2D eigenvalue weighted by molar-refractivity contribution is -0.152. The highest BCUT2D eigenvalue weighted by Gasteiger charge is 2.40. The molecule has 0 aliphatic carbocycles. The van der Waals surface area contributed by atoms with Gasteiger partial charge >= 0.3 is 12.4 Å². The lowest BCUT2D eigenvalue weighted by Gasteiger charge is -2.26. The van der Waals surface area contributed by atoms with E-state index in [2.05, 4.69) is 15.6 Å². The molecule has 0 bridgehead atoms. The van der Waals surface area contributed by atoms with Crippen molar-refractivity contribution >= 4 is 29.1 Å². The molecule has 0 fully saturated rings. The number of aliphatic imine (C=N–C) groups is 1. The van der Waals surface area contributed by atoms with Crippen LogP contribution in [0.4, 0.5) is 32.0 Å². The molecule has 41 heavy (non-hydrogen) atoms. The average Bonchev–Trinajstić information content (AvgIpc) is 3.00.